The van der Waals surface area contributed by atoms with E-state index in [1.54, 1.807) is 30.3 Å². The van der Waals surface area contributed by atoms with Gasteiger partial charge in [0.2, 0.25) is 0 Å². The minimum atomic E-state index is -0.256. The fourth-order valence-corrected chi connectivity index (χ4v) is 2.58. The third kappa shape index (κ3) is 6.37. The van der Waals surface area contributed by atoms with E-state index in [1.165, 1.54) is 0 Å². The van der Waals surface area contributed by atoms with Crippen molar-refractivity contribution < 1.29 is 9.59 Å². The topological polar surface area (TPSA) is 70.6 Å². The molecule has 0 fully saturated rings. The van der Waals surface area contributed by atoms with Gasteiger partial charge in [0.1, 0.15) is 0 Å². The van der Waals surface area contributed by atoms with E-state index in [0.717, 1.165) is 37.0 Å². The minimum Gasteiger partial charge on any atom is -0.322 e. The molecule has 2 amide bonds. The van der Waals surface area contributed by atoms with E-state index >= 15 is 0 Å². The lowest BCUT2D eigenvalue weighted by Crippen LogP contribution is -2.19. The second-order valence-electron chi connectivity index (χ2n) is 6.48. The number of carbonyl (C=O) groups excluding carboxylic acids is 2. The first-order valence-electron chi connectivity index (χ1n) is 9.37. The molecule has 2 aromatic carbocycles. The molecule has 27 heavy (non-hydrogen) atoms. The van der Waals surface area contributed by atoms with Gasteiger partial charge in [-0.05, 0) is 62.6 Å². The number of unbranched alkanes of at least 4 members (excludes halogenated alkanes) is 1. The van der Waals surface area contributed by atoms with Crippen LogP contribution in [-0.2, 0) is 0 Å². The van der Waals surface area contributed by atoms with Crippen LogP contribution in [0.25, 0.3) is 0 Å². The number of rotatable bonds is 8. The zero-order chi connectivity index (χ0) is 19.6. The standard InChI is InChI=1S/C22H27N3O2/c1-4-6-10-19(5-2)24-25-22(27)17-11-13-20(14-12-17)23-21(26)18-9-7-8-16(3)15-18/h7-9,11-15H,4-6,10H2,1-3H3,(H,23,26)(H,25,27)/b24-19+. The Morgan fingerprint density at radius 2 is 1.70 bits per heavy atom. The van der Waals surface area contributed by atoms with Crippen molar-refractivity contribution in [2.45, 2.75) is 46.5 Å². The molecule has 0 saturated carbocycles. The van der Waals surface area contributed by atoms with Gasteiger partial charge in [0.15, 0.2) is 0 Å². The normalized spacial score (nSPS) is 11.1. The van der Waals surface area contributed by atoms with Gasteiger partial charge in [0.25, 0.3) is 11.8 Å². The van der Waals surface area contributed by atoms with Crippen LogP contribution in [0, 0.1) is 6.92 Å². The monoisotopic (exact) mass is 365 g/mol. The maximum Gasteiger partial charge on any atom is 0.271 e. The number of aryl methyl sites for hydroxylation is 1. The summed E-state index contributed by atoms with van der Waals surface area (Å²) < 4.78 is 0. The van der Waals surface area contributed by atoms with E-state index in [0.29, 0.717) is 16.8 Å². The van der Waals surface area contributed by atoms with Crippen LogP contribution >= 0.6 is 0 Å². The average molecular weight is 365 g/mol. The highest BCUT2D eigenvalue weighted by Crippen LogP contribution is 2.12. The Hall–Kier alpha value is -2.95. The summed E-state index contributed by atoms with van der Waals surface area (Å²) in [6.45, 7) is 6.11. The summed E-state index contributed by atoms with van der Waals surface area (Å²) in [5.74, 6) is -0.432. The average Bonchev–Trinajstić information content (AvgIpc) is 2.68. The predicted molar refractivity (Wildman–Crippen MR) is 110 cm³/mol. The first kappa shape index (κ1) is 20.4. The lowest BCUT2D eigenvalue weighted by Gasteiger charge is -2.07. The number of nitrogens with one attached hydrogen (secondary N) is 2. The van der Waals surface area contributed by atoms with Gasteiger partial charge in [0.05, 0.1) is 0 Å². The Kier molecular flexibility index (Phi) is 7.74. The number of hydrazone groups is 1. The van der Waals surface area contributed by atoms with Crippen molar-refractivity contribution in [3.05, 3.63) is 65.2 Å². The third-order valence-electron chi connectivity index (χ3n) is 4.23. The van der Waals surface area contributed by atoms with Gasteiger partial charge >= 0.3 is 0 Å². The molecule has 2 rings (SSSR count). The highest BCUT2D eigenvalue weighted by Gasteiger charge is 2.08. The van der Waals surface area contributed by atoms with Crippen molar-refractivity contribution in [2.75, 3.05) is 5.32 Å². The molecule has 0 saturated heterocycles. The van der Waals surface area contributed by atoms with Crippen molar-refractivity contribution in [3.8, 4) is 0 Å². The number of benzene rings is 2. The number of amides is 2. The van der Waals surface area contributed by atoms with E-state index in [9.17, 15) is 9.59 Å². The quantitative estimate of drug-likeness (QED) is 0.514. The Morgan fingerprint density at radius 1 is 0.963 bits per heavy atom. The molecular weight excluding hydrogens is 338 g/mol. The molecule has 0 aromatic heterocycles. The van der Waals surface area contributed by atoms with Crippen LogP contribution in [0.5, 0.6) is 0 Å². The van der Waals surface area contributed by atoms with Crippen molar-refractivity contribution in [3.63, 3.8) is 0 Å². The summed E-state index contributed by atoms with van der Waals surface area (Å²) >= 11 is 0. The van der Waals surface area contributed by atoms with Crippen LogP contribution in [0.4, 0.5) is 5.69 Å². The van der Waals surface area contributed by atoms with Gasteiger partial charge in [-0.2, -0.15) is 5.10 Å². The van der Waals surface area contributed by atoms with Gasteiger partial charge in [-0.3, -0.25) is 9.59 Å². The Labute approximate surface area is 160 Å². The molecule has 142 valence electrons. The maximum atomic E-state index is 12.3. The van der Waals surface area contributed by atoms with Crippen LogP contribution in [0.3, 0.4) is 0 Å². The van der Waals surface area contributed by atoms with Crippen LogP contribution < -0.4 is 10.7 Å². The molecule has 2 aromatic rings. The zero-order valence-corrected chi connectivity index (χ0v) is 16.2. The third-order valence-corrected chi connectivity index (χ3v) is 4.23. The number of hydrogen-bond donors (Lipinski definition) is 2. The first-order valence-corrected chi connectivity index (χ1v) is 9.37. The smallest absolute Gasteiger partial charge is 0.271 e. The highest BCUT2D eigenvalue weighted by atomic mass is 16.2. The van der Waals surface area contributed by atoms with E-state index in [2.05, 4.69) is 22.8 Å². The van der Waals surface area contributed by atoms with Gasteiger partial charge in [-0.15, -0.1) is 0 Å². The number of nitrogens with zero attached hydrogens (tertiary/aromatic N) is 1. The van der Waals surface area contributed by atoms with Gasteiger partial charge in [-0.1, -0.05) is 38.0 Å². The summed E-state index contributed by atoms with van der Waals surface area (Å²) in [6.07, 6.45) is 3.89. The molecule has 0 heterocycles. The Bertz CT molecular complexity index is 811. The molecule has 0 atom stereocenters. The second-order valence-corrected chi connectivity index (χ2v) is 6.48. The van der Waals surface area contributed by atoms with Crippen LogP contribution in [0.1, 0.15) is 65.8 Å². The van der Waals surface area contributed by atoms with E-state index < -0.39 is 0 Å². The number of anilines is 1. The van der Waals surface area contributed by atoms with Crippen molar-refractivity contribution in [1.82, 2.24) is 5.43 Å². The molecule has 0 radical (unpaired) electrons. The van der Waals surface area contributed by atoms with Crippen molar-refractivity contribution in [2.24, 2.45) is 5.10 Å². The highest BCUT2D eigenvalue weighted by molar-refractivity contribution is 6.04. The number of carbonyl (C=O) groups is 2. The van der Waals surface area contributed by atoms with Crippen molar-refractivity contribution in [1.29, 1.82) is 0 Å². The summed E-state index contributed by atoms with van der Waals surface area (Å²) in [6, 6.07) is 14.2. The fraction of sp³-hybridized carbons (Fsp3) is 0.318. The molecule has 5 heteroatoms. The van der Waals surface area contributed by atoms with Crippen LogP contribution in [0.15, 0.2) is 53.6 Å². The molecule has 0 aliphatic heterocycles. The van der Waals surface area contributed by atoms with Crippen molar-refractivity contribution >= 4 is 23.2 Å². The van der Waals surface area contributed by atoms with Gasteiger partial charge < -0.3 is 5.32 Å². The molecule has 2 N–H and O–H groups in total. The van der Waals surface area contributed by atoms with E-state index in [1.807, 2.05) is 32.0 Å². The minimum absolute atomic E-state index is 0.177. The molecule has 0 aliphatic carbocycles. The summed E-state index contributed by atoms with van der Waals surface area (Å²) in [5, 5.41) is 7.06. The molecular formula is C22H27N3O2. The summed E-state index contributed by atoms with van der Waals surface area (Å²) in [5.41, 5.74) is 6.37. The lowest BCUT2D eigenvalue weighted by atomic mass is 10.1. The number of hydrogen-bond acceptors (Lipinski definition) is 3. The van der Waals surface area contributed by atoms with Crippen LogP contribution in [0.2, 0.25) is 0 Å². The Balaban J connectivity index is 1.96. The van der Waals surface area contributed by atoms with E-state index in [4.69, 9.17) is 0 Å². The van der Waals surface area contributed by atoms with Gasteiger partial charge in [-0.25, -0.2) is 5.43 Å². The molecule has 5 nitrogen and oxygen atoms in total. The lowest BCUT2D eigenvalue weighted by molar-refractivity contribution is 0.0954. The molecule has 0 aliphatic rings. The maximum absolute atomic E-state index is 12.3. The molecule has 0 spiro atoms. The Morgan fingerprint density at radius 3 is 2.33 bits per heavy atom. The predicted octanol–water partition coefficient (Wildman–Crippen LogP) is 4.93. The zero-order valence-electron chi connectivity index (χ0n) is 16.2. The van der Waals surface area contributed by atoms with Gasteiger partial charge in [0, 0.05) is 22.5 Å². The second kappa shape index (κ2) is 10.3. The summed E-state index contributed by atoms with van der Waals surface area (Å²) in [7, 11) is 0. The fourth-order valence-electron chi connectivity index (χ4n) is 2.58. The molecule has 0 bridgehead atoms. The first-order chi connectivity index (χ1) is 13.0. The molecule has 0 unspecified atom stereocenters. The summed E-state index contributed by atoms with van der Waals surface area (Å²) in [4.78, 5) is 24.5. The SMILES string of the molecule is CCCC/C(CC)=N/NC(=O)c1ccc(NC(=O)c2cccc(C)c2)cc1. The van der Waals surface area contributed by atoms with Crippen LogP contribution in [-0.4, -0.2) is 17.5 Å². The van der Waals surface area contributed by atoms with E-state index in [-0.39, 0.29) is 11.8 Å². The largest absolute Gasteiger partial charge is 0.322 e.